The van der Waals surface area contributed by atoms with Crippen molar-refractivity contribution in [2.75, 3.05) is 32.7 Å². The molecule has 3 amide bonds. The molecule has 3 aliphatic rings. The average molecular weight is 489 g/mol. The topological polar surface area (TPSA) is 81.8 Å². The van der Waals surface area contributed by atoms with Crippen molar-refractivity contribution in [3.05, 3.63) is 34.9 Å². The van der Waals surface area contributed by atoms with Gasteiger partial charge in [-0.1, -0.05) is 42.6 Å². The minimum absolute atomic E-state index is 0.0172. The van der Waals surface area contributed by atoms with Crippen LogP contribution in [0.1, 0.15) is 57.4 Å². The number of nitrogens with one attached hydrogen (secondary N) is 2. The molecule has 0 radical (unpaired) electrons. The van der Waals surface area contributed by atoms with Crippen molar-refractivity contribution in [3.63, 3.8) is 0 Å². The third-order valence-electron chi connectivity index (χ3n) is 8.06. The molecule has 8 heteroatoms. The number of nitrogens with zero attached hydrogens (tertiary/aromatic N) is 2. The SMILES string of the molecule is CC(=O)N1CC[C@H]2NC(=O)CNC(=O)C3(CCCC[C@H]2C1)CCN(Cc1ccccc1Cl)CC3. The highest BCUT2D eigenvalue weighted by molar-refractivity contribution is 6.31. The first-order valence-electron chi connectivity index (χ1n) is 12.7. The molecule has 2 N–H and O–H groups in total. The number of halogens is 1. The van der Waals surface area contributed by atoms with E-state index in [1.165, 1.54) is 0 Å². The lowest BCUT2D eigenvalue weighted by atomic mass is 9.73. The molecule has 3 aliphatic heterocycles. The van der Waals surface area contributed by atoms with Crippen molar-refractivity contribution in [2.24, 2.45) is 11.3 Å². The van der Waals surface area contributed by atoms with Crippen LogP contribution in [-0.4, -0.2) is 66.3 Å². The Kier molecular flexibility index (Phi) is 8.14. The van der Waals surface area contributed by atoms with E-state index in [1.54, 1.807) is 6.92 Å². The van der Waals surface area contributed by atoms with Crippen LogP contribution in [0.15, 0.2) is 24.3 Å². The first-order chi connectivity index (χ1) is 16.4. The summed E-state index contributed by atoms with van der Waals surface area (Å²) >= 11 is 6.35. The maximum atomic E-state index is 13.3. The second-order valence-corrected chi connectivity index (χ2v) is 10.7. The van der Waals surface area contributed by atoms with E-state index < -0.39 is 5.41 Å². The minimum atomic E-state index is -0.423. The molecule has 2 atom stereocenters. The Balaban J connectivity index is 1.39. The monoisotopic (exact) mass is 488 g/mol. The number of rotatable bonds is 2. The number of amides is 3. The largest absolute Gasteiger partial charge is 0.351 e. The number of piperidine rings is 2. The second kappa shape index (κ2) is 11.1. The van der Waals surface area contributed by atoms with E-state index in [2.05, 4.69) is 21.6 Å². The van der Waals surface area contributed by atoms with Gasteiger partial charge in [-0.25, -0.2) is 0 Å². The smallest absolute Gasteiger partial charge is 0.239 e. The molecule has 0 unspecified atom stereocenters. The number of fused-ring (bicyclic) bond motifs is 1. The highest BCUT2D eigenvalue weighted by Crippen LogP contribution is 2.38. The van der Waals surface area contributed by atoms with E-state index in [0.717, 1.165) is 75.2 Å². The number of carbonyl (C=O) groups excluding carboxylic acids is 3. The number of carbonyl (C=O) groups is 3. The molecule has 3 saturated heterocycles. The third kappa shape index (κ3) is 5.92. The van der Waals surface area contributed by atoms with Gasteiger partial charge in [0.15, 0.2) is 0 Å². The molecular weight excluding hydrogens is 452 g/mol. The van der Waals surface area contributed by atoms with Gasteiger partial charge in [0.25, 0.3) is 0 Å². The van der Waals surface area contributed by atoms with Crippen molar-refractivity contribution in [1.82, 2.24) is 20.4 Å². The van der Waals surface area contributed by atoms with Crippen molar-refractivity contribution in [1.29, 1.82) is 0 Å². The van der Waals surface area contributed by atoms with Crippen LogP contribution in [0.4, 0.5) is 0 Å². The van der Waals surface area contributed by atoms with Crippen molar-refractivity contribution in [3.8, 4) is 0 Å². The van der Waals surface area contributed by atoms with Crippen LogP contribution in [0.5, 0.6) is 0 Å². The van der Waals surface area contributed by atoms with E-state index >= 15 is 0 Å². The summed E-state index contributed by atoms with van der Waals surface area (Å²) in [7, 11) is 0. The Labute approximate surface area is 207 Å². The molecule has 1 aromatic carbocycles. The second-order valence-electron chi connectivity index (χ2n) is 10.3. The standard InChI is InChI=1S/C26H37ClN4O3/c1-19(32)31-13-9-23-21(18-31)7-4-5-10-26(25(34)28-16-24(33)29-23)11-14-30(15-12-26)17-20-6-2-3-8-22(20)27/h2-3,6,8,21,23H,4-5,7,9-18H2,1H3,(H,28,34)(H,29,33)/t21-,23+/m0/s1. The van der Waals surface area contributed by atoms with Gasteiger partial charge in [-0.15, -0.1) is 0 Å². The van der Waals surface area contributed by atoms with Crippen molar-refractivity contribution < 1.29 is 14.4 Å². The summed E-state index contributed by atoms with van der Waals surface area (Å²) in [5.74, 6) is 0.255. The lowest BCUT2D eigenvalue weighted by Gasteiger charge is -2.42. The summed E-state index contributed by atoms with van der Waals surface area (Å²) in [6.07, 6.45) is 6.13. The quantitative estimate of drug-likeness (QED) is 0.670. The van der Waals surface area contributed by atoms with E-state index in [1.807, 2.05) is 23.1 Å². The zero-order valence-corrected chi connectivity index (χ0v) is 20.9. The van der Waals surface area contributed by atoms with Gasteiger partial charge in [-0.05, 0) is 62.7 Å². The highest BCUT2D eigenvalue weighted by Gasteiger charge is 2.41. The maximum Gasteiger partial charge on any atom is 0.239 e. The van der Waals surface area contributed by atoms with E-state index in [0.29, 0.717) is 13.1 Å². The van der Waals surface area contributed by atoms with Crippen molar-refractivity contribution >= 4 is 29.3 Å². The van der Waals surface area contributed by atoms with Crippen LogP contribution in [0.25, 0.3) is 0 Å². The normalized spacial score (nSPS) is 26.6. The van der Waals surface area contributed by atoms with Crippen LogP contribution in [0.3, 0.4) is 0 Å². The number of hydrogen-bond acceptors (Lipinski definition) is 4. The van der Waals surface area contributed by atoms with Gasteiger partial charge in [0.1, 0.15) is 0 Å². The van der Waals surface area contributed by atoms with Gasteiger partial charge >= 0.3 is 0 Å². The van der Waals surface area contributed by atoms with Gasteiger partial charge in [-0.2, -0.15) is 0 Å². The summed E-state index contributed by atoms with van der Waals surface area (Å²) < 4.78 is 0. The van der Waals surface area contributed by atoms with E-state index in [9.17, 15) is 14.4 Å². The molecule has 0 bridgehead atoms. The Hall–Kier alpha value is -2.12. The molecule has 3 heterocycles. The molecule has 7 nitrogen and oxygen atoms in total. The van der Waals surface area contributed by atoms with E-state index in [4.69, 9.17) is 11.6 Å². The molecule has 0 aliphatic carbocycles. The Morgan fingerprint density at radius 1 is 1.09 bits per heavy atom. The Morgan fingerprint density at radius 2 is 1.85 bits per heavy atom. The molecule has 3 fully saturated rings. The highest BCUT2D eigenvalue weighted by atomic mass is 35.5. The van der Waals surface area contributed by atoms with Crippen LogP contribution >= 0.6 is 11.6 Å². The third-order valence-corrected chi connectivity index (χ3v) is 8.43. The molecule has 1 spiro atoms. The lowest BCUT2D eigenvalue weighted by Crippen LogP contribution is -2.55. The number of hydrogen-bond donors (Lipinski definition) is 2. The molecule has 4 rings (SSSR count). The molecule has 1 aromatic rings. The van der Waals surface area contributed by atoms with Gasteiger partial charge in [-0.3, -0.25) is 19.3 Å². The lowest BCUT2D eigenvalue weighted by molar-refractivity contribution is -0.137. The molecule has 0 aromatic heterocycles. The molecular formula is C26H37ClN4O3. The maximum absolute atomic E-state index is 13.3. The fourth-order valence-corrected chi connectivity index (χ4v) is 6.07. The summed E-state index contributed by atoms with van der Waals surface area (Å²) in [4.78, 5) is 42.1. The minimum Gasteiger partial charge on any atom is -0.351 e. The molecule has 34 heavy (non-hydrogen) atoms. The van der Waals surface area contributed by atoms with Crippen LogP contribution in [-0.2, 0) is 20.9 Å². The van der Waals surface area contributed by atoms with Gasteiger partial charge in [0.05, 0.1) is 12.0 Å². The van der Waals surface area contributed by atoms with Gasteiger partial charge in [0.2, 0.25) is 17.7 Å². The van der Waals surface area contributed by atoms with Gasteiger partial charge in [0, 0.05) is 37.6 Å². The number of likely N-dealkylation sites (tertiary alicyclic amines) is 2. The predicted molar refractivity (Wildman–Crippen MR) is 132 cm³/mol. The summed E-state index contributed by atoms with van der Waals surface area (Å²) in [5.41, 5.74) is 0.690. The first kappa shape index (κ1) is 25.0. The van der Waals surface area contributed by atoms with E-state index in [-0.39, 0.29) is 36.2 Å². The fourth-order valence-electron chi connectivity index (χ4n) is 5.87. The molecule has 0 saturated carbocycles. The van der Waals surface area contributed by atoms with Crippen LogP contribution in [0.2, 0.25) is 5.02 Å². The average Bonchev–Trinajstić information content (AvgIpc) is 2.83. The van der Waals surface area contributed by atoms with Crippen LogP contribution < -0.4 is 10.6 Å². The summed E-state index contributed by atoms with van der Waals surface area (Å²) in [6.45, 7) is 5.47. The molecule has 186 valence electrons. The zero-order chi connectivity index (χ0) is 24.1. The zero-order valence-electron chi connectivity index (χ0n) is 20.2. The fraction of sp³-hybridized carbons (Fsp3) is 0.654. The Bertz CT molecular complexity index is 900. The van der Waals surface area contributed by atoms with Gasteiger partial charge < -0.3 is 15.5 Å². The van der Waals surface area contributed by atoms with Crippen LogP contribution in [0, 0.1) is 11.3 Å². The number of benzene rings is 1. The summed E-state index contributed by atoms with van der Waals surface area (Å²) in [5, 5.41) is 6.87. The predicted octanol–water partition coefficient (Wildman–Crippen LogP) is 2.97. The summed E-state index contributed by atoms with van der Waals surface area (Å²) in [6, 6.07) is 7.99. The first-order valence-corrected chi connectivity index (χ1v) is 13.0. The van der Waals surface area contributed by atoms with Crippen molar-refractivity contribution in [2.45, 2.75) is 64.5 Å². The Morgan fingerprint density at radius 3 is 2.59 bits per heavy atom.